The van der Waals surface area contributed by atoms with Crippen LogP contribution in [0.5, 0.6) is 0 Å². The van der Waals surface area contributed by atoms with Crippen molar-refractivity contribution in [3.8, 4) is 0 Å². The Labute approximate surface area is 195 Å². The van der Waals surface area contributed by atoms with E-state index >= 15 is 0 Å². The summed E-state index contributed by atoms with van der Waals surface area (Å²) in [5.74, 6) is -1.84. The third-order valence-corrected chi connectivity index (χ3v) is 5.85. The summed E-state index contributed by atoms with van der Waals surface area (Å²) in [7, 11) is 0. The average Bonchev–Trinajstić information content (AvgIpc) is 2.83. The number of benzene rings is 3. The SMILES string of the molecule is O=C(Nc1cc(F)ccc1F)c1cccc(C2CCCN(C(=O)Nc3ccc(Cl)cc3)C2)c1. The first-order chi connectivity index (χ1) is 15.9. The number of anilines is 2. The Morgan fingerprint density at radius 3 is 2.55 bits per heavy atom. The van der Waals surface area contributed by atoms with Crippen LogP contribution in [0.4, 0.5) is 25.0 Å². The van der Waals surface area contributed by atoms with Gasteiger partial charge in [0, 0.05) is 41.3 Å². The van der Waals surface area contributed by atoms with Crippen LogP contribution in [0, 0.1) is 11.6 Å². The molecule has 0 saturated carbocycles. The lowest BCUT2D eigenvalue weighted by Crippen LogP contribution is -2.41. The molecule has 170 valence electrons. The van der Waals surface area contributed by atoms with Crippen molar-refractivity contribution in [1.82, 2.24) is 4.90 Å². The van der Waals surface area contributed by atoms with Crippen molar-refractivity contribution in [2.24, 2.45) is 0 Å². The Morgan fingerprint density at radius 1 is 0.970 bits per heavy atom. The number of rotatable bonds is 4. The van der Waals surface area contributed by atoms with Crippen molar-refractivity contribution < 1.29 is 18.4 Å². The average molecular weight is 470 g/mol. The summed E-state index contributed by atoms with van der Waals surface area (Å²) in [4.78, 5) is 27.1. The zero-order valence-corrected chi connectivity index (χ0v) is 18.4. The number of hydrogen-bond acceptors (Lipinski definition) is 2. The zero-order valence-electron chi connectivity index (χ0n) is 17.7. The monoisotopic (exact) mass is 469 g/mol. The van der Waals surface area contributed by atoms with Gasteiger partial charge in [0.2, 0.25) is 0 Å². The molecule has 33 heavy (non-hydrogen) atoms. The second-order valence-electron chi connectivity index (χ2n) is 7.93. The van der Waals surface area contributed by atoms with Gasteiger partial charge in [0.15, 0.2) is 0 Å². The molecule has 3 amide bonds. The van der Waals surface area contributed by atoms with Crippen LogP contribution >= 0.6 is 11.6 Å². The molecule has 1 unspecified atom stereocenters. The summed E-state index contributed by atoms with van der Waals surface area (Å²) in [6.07, 6.45) is 1.69. The molecular weight excluding hydrogens is 448 g/mol. The number of hydrogen-bond donors (Lipinski definition) is 2. The molecule has 0 spiro atoms. The minimum absolute atomic E-state index is 0.0494. The van der Waals surface area contributed by atoms with E-state index in [1.54, 1.807) is 47.4 Å². The van der Waals surface area contributed by atoms with Crippen molar-refractivity contribution in [3.63, 3.8) is 0 Å². The third-order valence-electron chi connectivity index (χ3n) is 5.60. The lowest BCUT2D eigenvalue weighted by molar-refractivity contribution is 0.102. The van der Waals surface area contributed by atoms with E-state index in [4.69, 9.17) is 11.6 Å². The van der Waals surface area contributed by atoms with Gasteiger partial charge >= 0.3 is 6.03 Å². The number of urea groups is 1. The minimum atomic E-state index is -0.712. The van der Waals surface area contributed by atoms with Crippen LogP contribution in [0.3, 0.4) is 0 Å². The molecule has 5 nitrogen and oxygen atoms in total. The van der Waals surface area contributed by atoms with Gasteiger partial charge in [0.25, 0.3) is 5.91 Å². The van der Waals surface area contributed by atoms with Crippen molar-refractivity contribution in [1.29, 1.82) is 0 Å². The standard InChI is InChI=1S/C25H22ClF2N3O2/c26-19-6-9-21(10-7-19)29-25(33)31-12-2-5-18(15-31)16-3-1-4-17(13-16)24(32)30-23-14-20(27)8-11-22(23)28/h1,3-4,6-11,13-14,18H,2,5,12,15H2,(H,29,33)(H,30,32). The van der Waals surface area contributed by atoms with E-state index in [2.05, 4.69) is 10.6 Å². The van der Waals surface area contributed by atoms with Gasteiger partial charge in [-0.1, -0.05) is 23.7 Å². The molecule has 1 saturated heterocycles. The number of likely N-dealkylation sites (tertiary alicyclic amines) is 1. The predicted octanol–water partition coefficient (Wildman–Crippen LogP) is 6.28. The summed E-state index contributed by atoms with van der Waals surface area (Å²) in [6.45, 7) is 1.14. The van der Waals surface area contributed by atoms with Crippen molar-refractivity contribution in [3.05, 3.63) is 94.5 Å². The predicted molar refractivity (Wildman–Crippen MR) is 125 cm³/mol. The van der Waals surface area contributed by atoms with Gasteiger partial charge in [-0.3, -0.25) is 4.79 Å². The number of nitrogens with zero attached hydrogens (tertiary/aromatic N) is 1. The molecule has 1 aliphatic rings. The molecule has 0 aliphatic carbocycles. The van der Waals surface area contributed by atoms with E-state index in [9.17, 15) is 18.4 Å². The smallest absolute Gasteiger partial charge is 0.321 e. The summed E-state index contributed by atoms with van der Waals surface area (Å²) < 4.78 is 27.3. The maximum atomic E-state index is 13.9. The molecule has 1 fully saturated rings. The Balaban J connectivity index is 1.44. The molecule has 2 N–H and O–H groups in total. The molecular formula is C25H22ClF2N3O2. The fourth-order valence-corrected chi connectivity index (χ4v) is 4.02. The molecule has 0 bridgehead atoms. The molecule has 1 atom stereocenters. The van der Waals surface area contributed by atoms with E-state index in [0.29, 0.717) is 29.4 Å². The van der Waals surface area contributed by atoms with Gasteiger partial charge in [0.05, 0.1) is 5.69 Å². The minimum Gasteiger partial charge on any atom is -0.324 e. The van der Waals surface area contributed by atoms with E-state index in [0.717, 1.165) is 36.6 Å². The highest BCUT2D eigenvalue weighted by molar-refractivity contribution is 6.30. The number of carbonyl (C=O) groups is 2. The topological polar surface area (TPSA) is 61.4 Å². The maximum absolute atomic E-state index is 13.9. The van der Waals surface area contributed by atoms with Gasteiger partial charge in [-0.15, -0.1) is 0 Å². The van der Waals surface area contributed by atoms with Gasteiger partial charge in [-0.2, -0.15) is 0 Å². The second kappa shape index (κ2) is 10.0. The van der Waals surface area contributed by atoms with E-state index in [1.165, 1.54) is 0 Å². The summed E-state index contributed by atoms with van der Waals surface area (Å²) >= 11 is 5.89. The molecule has 8 heteroatoms. The maximum Gasteiger partial charge on any atom is 0.321 e. The van der Waals surface area contributed by atoms with Crippen molar-refractivity contribution in [2.45, 2.75) is 18.8 Å². The highest BCUT2D eigenvalue weighted by Crippen LogP contribution is 2.28. The molecule has 3 aromatic rings. The fourth-order valence-electron chi connectivity index (χ4n) is 3.89. The lowest BCUT2D eigenvalue weighted by Gasteiger charge is -2.33. The lowest BCUT2D eigenvalue weighted by atomic mass is 9.89. The molecule has 1 heterocycles. The number of carbonyl (C=O) groups excluding carboxylic acids is 2. The first kappa shape index (κ1) is 22.7. The Kier molecular flexibility index (Phi) is 6.89. The number of nitrogens with one attached hydrogen (secondary N) is 2. The number of halogens is 3. The van der Waals surface area contributed by atoms with E-state index < -0.39 is 17.5 Å². The highest BCUT2D eigenvalue weighted by atomic mass is 35.5. The molecule has 1 aliphatic heterocycles. The van der Waals surface area contributed by atoms with Crippen LogP contribution in [0.2, 0.25) is 5.02 Å². The van der Waals surface area contributed by atoms with Crippen LogP contribution in [-0.4, -0.2) is 29.9 Å². The molecule has 3 aromatic carbocycles. The summed E-state index contributed by atoms with van der Waals surface area (Å²) in [6, 6.07) is 16.6. The van der Waals surface area contributed by atoms with Gasteiger partial charge in [-0.05, 0) is 66.9 Å². The second-order valence-corrected chi connectivity index (χ2v) is 8.36. The number of amides is 3. The van der Waals surface area contributed by atoms with Crippen LogP contribution in [-0.2, 0) is 0 Å². The Morgan fingerprint density at radius 2 is 1.76 bits per heavy atom. The van der Waals surface area contributed by atoms with Crippen molar-refractivity contribution in [2.75, 3.05) is 23.7 Å². The molecule has 0 radical (unpaired) electrons. The fraction of sp³-hybridized carbons (Fsp3) is 0.200. The van der Waals surface area contributed by atoms with E-state index in [-0.39, 0.29) is 17.6 Å². The third kappa shape index (κ3) is 5.68. The zero-order chi connectivity index (χ0) is 23.4. The van der Waals surface area contributed by atoms with E-state index in [1.807, 2.05) is 6.07 Å². The molecule has 4 rings (SSSR count). The van der Waals surface area contributed by atoms with Gasteiger partial charge < -0.3 is 15.5 Å². The first-order valence-electron chi connectivity index (χ1n) is 10.6. The Bertz CT molecular complexity index is 1170. The van der Waals surface area contributed by atoms with Gasteiger partial charge in [-0.25, -0.2) is 13.6 Å². The number of piperidine rings is 1. The van der Waals surface area contributed by atoms with Gasteiger partial charge in [0.1, 0.15) is 11.6 Å². The van der Waals surface area contributed by atoms with Crippen LogP contribution in [0.15, 0.2) is 66.7 Å². The quantitative estimate of drug-likeness (QED) is 0.472. The highest BCUT2D eigenvalue weighted by Gasteiger charge is 2.25. The van der Waals surface area contributed by atoms with Crippen LogP contribution < -0.4 is 10.6 Å². The largest absolute Gasteiger partial charge is 0.324 e. The first-order valence-corrected chi connectivity index (χ1v) is 10.9. The van der Waals surface area contributed by atoms with Crippen molar-refractivity contribution >= 4 is 34.9 Å². The van der Waals surface area contributed by atoms with Crippen LogP contribution in [0.25, 0.3) is 0 Å². The normalized spacial score (nSPS) is 15.7. The molecule has 0 aromatic heterocycles. The summed E-state index contributed by atoms with van der Waals surface area (Å²) in [5, 5.41) is 5.89. The summed E-state index contributed by atoms with van der Waals surface area (Å²) in [5.41, 5.74) is 1.69. The Hall–Kier alpha value is -3.45. The van der Waals surface area contributed by atoms with Crippen LogP contribution in [0.1, 0.15) is 34.7 Å².